The van der Waals surface area contributed by atoms with Crippen LogP contribution in [0, 0.1) is 17.8 Å². The topological polar surface area (TPSA) is 32.3 Å². The molecule has 3 rings (SSSR count). The lowest BCUT2D eigenvalue weighted by Gasteiger charge is -2.25. The maximum Gasteiger partial charge on any atom is 0.0693 e. The van der Waals surface area contributed by atoms with Crippen LogP contribution in [0.15, 0.2) is 0 Å². The largest absolute Gasteiger partial charge is 0.392 e. The lowest BCUT2D eigenvalue weighted by atomic mass is 9.96. The monoisotopic (exact) mass is 237 g/mol. The Hall–Kier alpha value is -0.0800. The minimum Gasteiger partial charge on any atom is -0.392 e. The quantitative estimate of drug-likeness (QED) is 0.721. The van der Waals surface area contributed by atoms with Crippen LogP contribution < -0.4 is 5.32 Å². The predicted molar refractivity (Wildman–Crippen MR) is 69.8 cm³/mol. The summed E-state index contributed by atoms with van der Waals surface area (Å²) in [6.07, 6.45) is 11.8. The number of aliphatic hydroxyl groups is 1. The molecule has 2 unspecified atom stereocenters. The Morgan fingerprint density at radius 3 is 2.18 bits per heavy atom. The number of rotatable bonds is 5. The van der Waals surface area contributed by atoms with Gasteiger partial charge in [-0.1, -0.05) is 19.3 Å². The van der Waals surface area contributed by atoms with Crippen LogP contribution in [0.4, 0.5) is 0 Å². The second-order valence-electron chi connectivity index (χ2n) is 6.56. The van der Waals surface area contributed by atoms with Gasteiger partial charge in [-0.25, -0.2) is 0 Å². The molecule has 0 saturated heterocycles. The van der Waals surface area contributed by atoms with E-state index >= 15 is 0 Å². The molecule has 17 heavy (non-hydrogen) atoms. The van der Waals surface area contributed by atoms with E-state index in [9.17, 15) is 5.11 Å². The standard InChI is InChI=1S/C15H27NO/c17-15-5-3-1-2-4-14(15)16-10-13(11-6-7-11)12-8-9-12/h11-17H,1-10H2. The fourth-order valence-corrected chi connectivity index (χ4v) is 3.58. The first kappa shape index (κ1) is 12.0. The van der Waals surface area contributed by atoms with E-state index in [2.05, 4.69) is 5.32 Å². The van der Waals surface area contributed by atoms with E-state index in [1.807, 2.05) is 0 Å². The molecule has 0 aliphatic heterocycles. The third-order valence-corrected chi connectivity index (χ3v) is 5.05. The van der Waals surface area contributed by atoms with Crippen molar-refractivity contribution < 1.29 is 5.11 Å². The van der Waals surface area contributed by atoms with Crippen LogP contribution in [0.1, 0.15) is 57.8 Å². The first-order valence-electron chi connectivity index (χ1n) is 7.76. The summed E-state index contributed by atoms with van der Waals surface area (Å²) in [6, 6.07) is 0.387. The maximum atomic E-state index is 10.1. The number of aliphatic hydroxyl groups excluding tert-OH is 1. The van der Waals surface area contributed by atoms with Gasteiger partial charge in [-0.3, -0.25) is 0 Å². The van der Waals surface area contributed by atoms with Crippen LogP contribution in [0.3, 0.4) is 0 Å². The number of nitrogens with one attached hydrogen (secondary N) is 1. The summed E-state index contributed by atoms with van der Waals surface area (Å²) in [4.78, 5) is 0. The van der Waals surface area contributed by atoms with Crippen LogP contribution in [0.5, 0.6) is 0 Å². The third kappa shape index (κ3) is 3.23. The minimum atomic E-state index is -0.0865. The van der Waals surface area contributed by atoms with Crippen molar-refractivity contribution in [3.63, 3.8) is 0 Å². The molecule has 3 fully saturated rings. The molecule has 0 heterocycles. The summed E-state index contributed by atoms with van der Waals surface area (Å²) in [6.45, 7) is 1.18. The van der Waals surface area contributed by atoms with Crippen molar-refractivity contribution in [3.8, 4) is 0 Å². The zero-order chi connectivity index (χ0) is 11.7. The van der Waals surface area contributed by atoms with E-state index in [4.69, 9.17) is 0 Å². The van der Waals surface area contributed by atoms with Gasteiger partial charge in [-0.2, -0.15) is 0 Å². The molecule has 3 aliphatic rings. The van der Waals surface area contributed by atoms with Gasteiger partial charge >= 0.3 is 0 Å². The molecular formula is C15H27NO. The maximum absolute atomic E-state index is 10.1. The lowest BCUT2D eigenvalue weighted by Crippen LogP contribution is -2.42. The molecule has 2 heteroatoms. The smallest absolute Gasteiger partial charge is 0.0693 e. The van der Waals surface area contributed by atoms with Gasteiger partial charge in [0.25, 0.3) is 0 Å². The van der Waals surface area contributed by atoms with Gasteiger partial charge in [0, 0.05) is 6.04 Å². The molecule has 0 radical (unpaired) electrons. The molecule has 0 aromatic carbocycles. The number of hydrogen-bond acceptors (Lipinski definition) is 2. The molecule has 0 amide bonds. The van der Waals surface area contributed by atoms with Gasteiger partial charge in [-0.15, -0.1) is 0 Å². The van der Waals surface area contributed by atoms with Crippen LogP contribution in [0.25, 0.3) is 0 Å². The van der Waals surface area contributed by atoms with Crippen LogP contribution in [-0.2, 0) is 0 Å². The van der Waals surface area contributed by atoms with Crippen molar-refractivity contribution in [2.75, 3.05) is 6.54 Å². The van der Waals surface area contributed by atoms with Crippen LogP contribution in [0.2, 0.25) is 0 Å². The molecule has 2 N–H and O–H groups in total. The highest BCUT2D eigenvalue weighted by atomic mass is 16.3. The van der Waals surface area contributed by atoms with Crippen molar-refractivity contribution in [2.45, 2.75) is 69.9 Å². The highest BCUT2D eigenvalue weighted by Crippen LogP contribution is 2.48. The molecule has 98 valence electrons. The Bertz CT molecular complexity index is 235. The Morgan fingerprint density at radius 2 is 1.53 bits per heavy atom. The zero-order valence-electron chi connectivity index (χ0n) is 10.9. The molecule has 0 aromatic rings. The normalized spacial score (nSPS) is 34.9. The van der Waals surface area contributed by atoms with Crippen molar-refractivity contribution >= 4 is 0 Å². The average molecular weight is 237 g/mol. The van der Waals surface area contributed by atoms with Crippen molar-refractivity contribution in [2.24, 2.45) is 17.8 Å². The van der Waals surface area contributed by atoms with E-state index in [0.717, 1.165) is 24.2 Å². The summed E-state index contributed by atoms with van der Waals surface area (Å²) < 4.78 is 0. The fraction of sp³-hybridized carbons (Fsp3) is 1.00. The zero-order valence-corrected chi connectivity index (χ0v) is 10.9. The molecule has 3 saturated carbocycles. The summed E-state index contributed by atoms with van der Waals surface area (Å²) in [5.41, 5.74) is 0. The van der Waals surface area contributed by atoms with Gasteiger partial charge in [0.2, 0.25) is 0 Å². The van der Waals surface area contributed by atoms with Crippen molar-refractivity contribution in [1.82, 2.24) is 5.32 Å². The van der Waals surface area contributed by atoms with Crippen LogP contribution in [-0.4, -0.2) is 23.8 Å². The molecule has 2 nitrogen and oxygen atoms in total. The van der Waals surface area contributed by atoms with Gasteiger partial charge in [0.1, 0.15) is 0 Å². The third-order valence-electron chi connectivity index (χ3n) is 5.05. The summed E-state index contributed by atoms with van der Waals surface area (Å²) in [7, 11) is 0. The van der Waals surface area contributed by atoms with E-state index in [-0.39, 0.29) is 6.10 Å². The molecule has 0 bridgehead atoms. The SMILES string of the molecule is OC1CCCCCC1NCC(C1CC1)C1CC1. The summed E-state index contributed by atoms with van der Waals surface area (Å²) in [5.74, 6) is 2.99. The Kier molecular flexibility index (Phi) is 3.72. The average Bonchev–Trinajstić information content (AvgIpc) is 3.18. The minimum absolute atomic E-state index is 0.0865. The van der Waals surface area contributed by atoms with E-state index < -0.39 is 0 Å². The first-order valence-corrected chi connectivity index (χ1v) is 7.76. The molecule has 0 spiro atoms. The summed E-state index contributed by atoms with van der Waals surface area (Å²) >= 11 is 0. The molecule has 0 aromatic heterocycles. The fourth-order valence-electron chi connectivity index (χ4n) is 3.58. The second kappa shape index (κ2) is 5.27. The summed E-state index contributed by atoms with van der Waals surface area (Å²) in [5, 5.41) is 13.8. The van der Waals surface area contributed by atoms with E-state index in [0.29, 0.717) is 6.04 Å². The van der Waals surface area contributed by atoms with Gasteiger partial charge in [-0.05, 0) is 62.8 Å². The Labute approximate surface area is 105 Å². The Balaban J connectivity index is 1.47. The van der Waals surface area contributed by atoms with Crippen molar-refractivity contribution in [1.29, 1.82) is 0 Å². The molecule has 3 aliphatic carbocycles. The van der Waals surface area contributed by atoms with Crippen molar-refractivity contribution in [3.05, 3.63) is 0 Å². The van der Waals surface area contributed by atoms with Gasteiger partial charge in [0.15, 0.2) is 0 Å². The van der Waals surface area contributed by atoms with Gasteiger partial charge < -0.3 is 10.4 Å². The van der Waals surface area contributed by atoms with E-state index in [1.54, 1.807) is 0 Å². The molecular weight excluding hydrogens is 210 g/mol. The van der Waals surface area contributed by atoms with Crippen LogP contribution >= 0.6 is 0 Å². The highest BCUT2D eigenvalue weighted by Gasteiger charge is 2.41. The molecule has 2 atom stereocenters. The Morgan fingerprint density at radius 1 is 0.882 bits per heavy atom. The highest BCUT2D eigenvalue weighted by molar-refractivity contribution is 4.93. The second-order valence-corrected chi connectivity index (χ2v) is 6.56. The lowest BCUT2D eigenvalue weighted by molar-refractivity contribution is 0.116. The van der Waals surface area contributed by atoms with Gasteiger partial charge in [0.05, 0.1) is 6.10 Å². The predicted octanol–water partition coefficient (Wildman–Crippen LogP) is 2.71. The number of hydrogen-bond donors (Lipinski definition) is 2. The van der Waals surface area contributed by atoms with E-state index in [1.165, 1.54) is 57.9 Å². The first-order chi connectivity index (χ1) is 8.34.